The summed E-state index contributed by atoms with van der Waals surface area (Å²) in [4.78, 5) is 9.60. The monoisotopic (exact) mass is 407 g/mol. The first-order valence-corrected chi connectivity index (χ1v) is 10.9. The number of aromatic nitrogens is 1. The van der Waals surface area contributed by atoms with Gasteiger partial charge in [-0.05, 0) is 61.0 Å². The van der Waals surface area contributed by atoms with Crippen LogP contribution in [0.2, 0.25) is 0 Å². The van der Waals surface area contributed by atoms with Crippen LogP contribution in [-0.4, -0.2) is 40.3 Å². The van der Waals surface area contributed by atoms with Crippen LogP contribution >= 0.6 is 0 Å². The van der Waals surface area contributed by atoms with Gasteiger partial charge in [-0.2, -0.15) is 0 Å². The Balaban J connectivity index is 1.30. The molecule has 0 spiro atoms. The second-order valence-corrected chi connectivity index (χ2v) is 8.35. The van der Waals surface area contributed by atoms with Crippen LogP contribution in [0.1, 0.15) is 11.1 Å². The van der Waals surface area contributed by atoms with E-state index in [1.165, 1.54) is 11.3 Å². The lowest BCUT2D eigenvalue weighted by Crippen LogP contribution is -2.45. The van der Waals surface area contributed by atoms with E-state index in [1.807, 2.05) is 67.8 Å². The largest absolute Gasteiger partial charge is 0.397 e. The van der Waals surface area contributed by atoms with E-state index in [-0.39, 0.29) is 0 Å². The molecule has 1 atom stereocenters. The molecule has 0 amide bonds. The van der Waals surface area contributed by atoms with Gasteiger partial charge in [0.25, 0.3) is 0 Å². The molecule has 1 aromatic heterocycles. The van der Waals surface area contributed by atoms with E-state index >= 15 is 0 Å². The molecule has 150 valence electrons. The van der Waals surface area contributed by atoms with Crippen molar-refractivity contribution in [1.29, 1.82) is 0 Å². The topological polar surface area (TPSA) is 45.7 Å². The Labute approximate surface area is 174 Å². The standard InChI is InChI=1S/C23H25N3O2S/c1-19-2-8-23(9-3-19)29(27)28-22-6-4-21(5-7-22)26-16-14-25(15-17-26)18-20-10-12-24-13-11-20/h2-13H,14-18H2,1H3. The molecule has 5 nitrogen and oxygen atoms in total. The van der Waals surface area contributed by atoms with Crippen molar-refractivity contribution in [2.75, 3.05) is 31.1 Å². The highest BCUT2D eigenvalue weighted by Crippen LogP contribution is 2.23. The Morgan fingerprint density at radius 1 is 0.897 bits per heavy atom. The molecule has 0 saturated carbocycles. The number of anilines is 1. The molecular formula is C23H25N3O2S. The van der Waals surface area contributed by atoms with E-state index in [0.717, 1.165) is 38.3 Å². The van der Waals surface area contributed by atoms with E-state index in [0.29, 0.717) is 10.6 Å². The zero-order valence-electron chi connectivity index (χ0n) is 16.5. The third-order valence-electron chi connectivity index (χ3n) is 5.12. The lowest BCUT2D eigenvalue weighted by molar-refractivity contribution is 0.250. The molecule has 4 rings (SSSR count). The fourth-order valence-electron chi connectivity index (χ4n) is 3.41. The summed E-state index contributed by atoms with van der Waals surface area (Å²) in [6, 6.07) is 19.6. The van der Waals surface area contributed by atoms with Gasteiger partial charge in [-0.25, -0.2) is 4.21 Å². The number of benzene rings is 2. The number of aryl methyl sites for hydroxylation is 1. The minimum atomic E-state index is -1.50. The minimum Gasteiger partial charge on any atom is -0.397 e. The second-order valence-electron chi connectivity index (χ2n) is 7.24. The van der Waals surface area contributed by atoms with E-state index in [4.69, 9.17) is 4.18 Å². The van der Waals surface area contributed by atoms with Crippen LogP contribution in [-0.2, 0) is 17.6 Å². The molecule has 0 aliphatic carbocycles. The molecule has 1 aliphatic rings. The van der Waals surface area contributed by atoms with Gasteiger partial charge in [0.15, 0.2) is 0 Å². The predicted molar refractivity (Wildman–Crippen MR) is 116 cm³/mol. The Hall–Kier alpha value is -2.70. The molecule has 1 unspecified atom stereocenters. The number of nitrogens with zero attached hydrogens (tertiary/aromatic N) is 3. The molecule has 2 aromatic carbocycles. The van der Waals surface area contributed by atoms with Gasteiger partial charge < -0.3 is 9.08 Å². The molecule has 1 aliphatic heterocycles. The van der Waals surface area contributed by atoms with Gasteiger partial charge in [-0.15, -0.1) is 0 Å². The highest BCUT2D eigenvalue weighted by Gasteiger charge is 2.17. The number of hydrogen-bond acceptors (Lipinski definition) is 5. The maximum atomic E-state index is 12.4. The first kappa shape index (κ1) is 19.6. The summed E-state index contributed by atoms with van der Waals surface area (Å²) >= 11 is -1.50. The average Bonchev–Trinajstić information content (AvgIpc) is 2.76. The number of rotatable bonds is 6. The summed E-state index contributed by atoms with van der Waals surface area (Å²) in [5, 5.41) is 0. The summed E-state index contributed by atoms with van der Waals surface area (Å²) in [6.45, 7) is 7.00. The molecule has 6 heteroatoms. The van der Waals surface area contributed by atoms with Crippen molar-refractivity contribution in [3.8, 4) is 5.75 Å². The van der Waals surface area contributed by atoms with Crippen LogP contribution in [0.3, 0.4) is 0 Å². The van der Waals surface area contributed by atoms with Crippen LogP contribution in [0.5, 0.6) is 5.75 Å². The van der Waals surface area contributed by atoms with Gasteiger partial charge >= 0.3 is 0 Å². The SMILES string of the molecule is Cc1ccc(S(=O)Oc2ccc(N3CCN(Cc4ccncc4)CC3)cc2)cc1. The molecule has 2 heterocycles. The second kappa shape index (κ2) is 9.20. The zero-order chi connectivity index (χ0) is 20.1. The van der Waals surface area contributed by atoms with Crippen molar-refractivity contribution in [2.45, 2.75) is 18.4 Å². The smallest absolute Gasteiger partial charge is 0.240 e. The van der Waals surface area contributed by atoms with Gasteiger partial charge in [-0.3, -0.25) is 9.88 Å². The van der Waals surface area contributed by atoms with Gasteiger partial charge in [0, 0.05) is 50.8 Å². The van der Waals surface area contributed by atoms with E-state index in [2.05, 4.69) is 26.9 Å². The molecule has 29 heavy (non-hydrogen) atoms. The van der Waals surface area contributed by atoms with Crippen molar-refractivity contribution in [2.24, 2.45) is 0 Å². The Morgan fingerprint density at radius 3 is 2.21 bits per heavy atom. The van der Waals surface area contributed by atoms with Gasteiger partial charge in [0.1, 0.15) is 5.75 Å². The van der Waals surface area contributed by atoms with Gasteiger partial charge in [-0.1, -0.05) is 17.7 Å². The Morgan fingerprint density at radius 2 is 1.55 bits per heavy atom. The lowest BCUT2D eigenvalue weighted by atomic mass is 10.2. The molecule has 0 N–H and O–H groups in total. The highest BCUT2D eigenvalue weighted by molar-refractivity contribution is 7.80. The zero-order valence-corrected chi connectivity index (χ0v) is 17.3. The van der Waals surface area contributed by atoms with E-state index in [1.54, 1.807) is 0 Å². The molecule has 0 bridgehead atoms. The number of hydrogen-bond donors (Lipinski definition) is 0. The van der Waals surface area contributed by atoms with Crippen LogP contribution in [0.4, 0.5) is 5.69 Å². The molecule has 0 radical (unpaired) electrons. The summed E-state index contributed by atoms with van der Waals surface area (Å²) in [7, 11) is 0. The van der Waals surface area contributed by atoms with Crippen molar-refractivity contribution >= 4 is 16.8 Å². The Bertz CT molecular complexity index is 938. The quantitative estimate of drug-likeness (QED) is 0.622. The summed E-state index contributed by atoms with van der Waals surface area (Å²) in [6.07, 6.45) is 3.70. The fourth-order valence-corrected chi connectivity index (χ4v) is 4.15. The third kappa shape index (κ3) is 5.22. The maximum Gasteiger partial charge on any atom is 0.240 e. The molecule has 3 aromatic rings. The Kier molecular flexibility index (Phi) is 6.22. The number of piperazine rings is 1. The molecule has 1 saturated heterocycles. The van der Waals surface area contributed by atoms with Crippen LogP contribution in [0.15, 0.2) is 78.0 Å². The van der Waals surface area contributed by atoms with Crippen molar-refractivity contribution < 1.29 is 8.39 Å². The normalized spacial score (nSPS) is 15.8. The molecule has 1 fully saturated rings. The lowest BCUT2D eigenvalue weighted by Gasteiger charge is -2.36. The van der Waals surface area contributed by atoms with Crippen molar-refractivity contribution in [3.05, 3.63) is 84.2 Å². The van der Waals surface area contributed by atoms with E-state index < -0.39 is 11.1 Å². The number of pyridine rings is 1. The predicted octanol–water partition coefficient (Wildman–Crippen LogP) is 3.81. The summed E-state index contributed by atoms with van der Waals surface area (Å²) in [5.41, 5.74) is 3.61. The summed E-state index contributed by atoms with van der Waals surface area (Å²) in [5.74, 6) is 0.615. The van der Waals surface area contributed by atoms with Crippen LogP contribution < -0.4 is 9.08 Å². The summed E-state index contributed by atoms with van der Waals surface area (Å²) < 4.78 is 18.0. The minimum absolute atomic E-state index is 0.615. The van der Waals surface area contributed by atoms with Crippen LogP contribution in [0, 0.1) is 6.92 Å². The highest BCUT2D eigenvalue weighted by atomic mass is 32.2. The maximum absolute atomic E-state index is 12.4. The average molecular weight is 408 g/mol. The van der Waals surface area contributed by atoms with Gasteiger partial charge in [0.2, 0.25) is 11.1 Å². The van der Waals surface area contributed by atoms with Crippen molar-refractivity contribution in [3.63, 3.8) is 0 Å². The van der Waals surface area contributed by atoms with Gasteiger partial charge in [0.05, 0.1) is 4.90 Å². The third-order valence-corrected chi connectivity index (χ3v) is 6.12. The first-order chi connectivity index (χ1) is 14.2. The first-order valence-electron chi connectivity index (χ1n) is 9.80. The molecular weight excluding hydrogens is 382 g/mol. The van der Waals surface area contributed by atoms with E-state index in [9.17, 15) is 4.21 Å². The van der Waals surface area contributed by atoms with Crippen LogP contribution in [0.25, 0.3) is 0 Å². The van der Waals surface area contributed by atoms with Crippen molar-refractivity contribution in [1.82, 2.24) is 9.88 Å². The fraction of sp³-hybridized carbons (Fsp3) is 0.261.